The standard InChI is InChI=1S/C22H24N6O6S2.Na.H/c1-10-17(30)24-22(26(2)25-10)36-9-14(29)23-15-19(32)28-16(21(33)34)12(8-35-20(15)28)7-11-5-6-27(18(11)31)13-3-4-13;;/h7,13,15,20H,3-6,8-9H2,1-2H3,(H,23,29)(H,33,34);;/q;+1;-1/b11-7+;;/t15-,20-;;/m1../s1. The van der Waals surface area contributed by atoms with E-state index in [9.17, 15) is 29.1 Å². The van der Waals surface area contributed by atoms with E-state index in [2.05, 4.69) is 15.4 Å². The largest absolute Gasteiger partial charge is 1.00 e. The van der Waals surface area contributed by atoms with Crippen LogP contribution in [0.25, 0.3) is 0 Å². The topological polar surface area (TPSA) is 155 Å². The van der Waals surface area contributed by atoms with Crippen molar-refractivity contribution in [1.29, 1.82) is 0 Å². The van der Waals surface area contributed by atoms with Crippen LogP contribution in [-0.2, 0) is 26.2 Å². The molecular weight excluding hydrogens is 531 g/mol. The summed E-state index contributed by atoms with van der Waals surface area (Å²) in [5.74, 6) is -2.06. The molecule has 0 bridgehead atoms. The number of allylic oxidation sites excluding steroid dienone is 1. The Morgan fingerprint density at radius 2 is 2.03 bits per heavy atom. The Labute approximate surface area is 244 Å². The first-order valence-corrected chi connectivity index (χ1v) is 13.5. The molecule has 12 nitrogen and oxygen atoms in total. The number of carbonyl (C=O) groups is 4. The number of thioether (sulfide) groups is 2. The van der Waals surface area contributed by atoms with Gasteiger partial charge in [-0.15, -0.1) is 11.8 Å². The van der Waals surface area contributed by atoms with Crippen LogP contribution >= 0.6 is 23.5 Å². The number of hydrogen-bond donors (Lipinski definition) is 2. The number of hydrogen-bond acceptors (Lipinski definition) is 9. The molecule has 0 spiro atoms. The van der Waals surface area contributed by atoms with Crippen LogP contribution in [0.4, 0.5) is 0 Å². The molecule has 4 aliphatic rings. The first kappa shape index (κ1) is 27.9. The van der Waals surface area contributed by atoms with Gasteiger partial charge in [0.1, 0.15) is 22.8 Å². The van der Waals surface area contributed by atoms with E-state index >= 15 is 0 Å². The van der Waals surface area contributed by atoms with Gasteiger partial charge in [0.15, 0.2) is 5.16 Å². The fourth-order valence-electron chi connectivity index (χ4n) is 4.49. The number of nitrogens with zero attached hydrogens (tertiary/aromatic N) is 5. The summed E-state index contributed by atoms with van der Waals surface area (Å²) >= 11 is 2.36. The van der Waals surface area contributed by atoms with Crippen LogP contribution in [0.15, 0.2) is 32.9 Å². The van der Waals surface area contributed by atoms with Crippen LogP contribution in [0.5, 0.6) is 0 Å². The first-order chi connectivity index (χ1) is 17.2. The Balaban J connectivity index is 0.00000200. The maximum absolute atomic E-state index is 12.9. The molecule has 1 aliphatic carbocycles. The van der Waals surface area contributed by atoms with E-state index in [-0.39, 0.29) is 59.2 Å². The monoisotopic (exact) mass is 556 g/mol. The second-order valence-corrected chi connectivity index (χ2v) is 11.0. The summed E-state index contributed by atoms with van der Waals surface area (Å²) in [6.45, 7) is 2.18. The summed E-state index contributed by atoms with van der Waals surface area (Å²) in [7, 11) is 1.61. The van der Waals surface area contributed by atoms with Crippen molar-refractivity contribution in [3.8, 4) is 0 Å². The van der Waals surface area contributed by atoms with Gasteiger partial charge in [-0.25, -0.2) is 9.48 Å². The van der Waals surface area contributed by atoms with E-state index in [1.54, 1.807) is 20.0 Å². The minimum Gasteiger partial charge on any atom is -1.00 e. The molecule has 15 heteroatoms. The average molecular weight is 557 g/mol. The molecule has 3 fully saturated rings. The number of aliphatic carboxylic acids is 1. The molecule has 0 aromatic carbocycles. The van der Waals surface area contributed by atoms with Gasteiger partial charge in [-0.1, -0.05) is 11.8 Å². The summed E-state index contributed by atoms with van der Waals surface area (Å²) in [4.78, 5) is 68.8. The predicted molar refractivity (Wildman–Crippen MR) is 131 cm³/mol. The number of amides is 3. The smallest absolute Gasteiger partial charge is 1.00 e. The molecule has 1 saturated carbocycles. The number of carbonyl (C=O) groups excluding carboxylic acids is 3. The van der Waals surface area contributed by atoms with Crippen molar-refractivity contribution in [2.75, 3.05) is 18.1 Å². The van der Waals surface area contributed by atoms with Gasteiger partial charge in [-0.3, -0.25) is 24.1 Å². The van der Waals surface area contributed by atoms with Gasteiger partial charge in [0.25, 0.3) is 11.5 Å². The molecule has 2 atom stereocenters. The van der Waals surface area contributed by atoms with Crippen molar-refractivity contribution >= 4 is 47.2 Å². The Morgan fingerprint density at radius 3 is 2.70 bits per heavy atom. The van der Waals surface area contributed by atoms with E-state index in [1.165, 1.54) is 21.3 Å². The Hall–Kier alpha value is -2.13. The van der Waals surface area contributed by atoms with Crippen LogP contribution < -0.4 is 40.4 Å². The van der Waals surface area contributed by atoms with E-state index < -0.39 is 34.8 Å². The van der Waals surface area contributed by atoms with Gasteiger partial charge in [0.2, 0.25) is 11.8 Å². The number of nitrogens with one attached hydrogen (secondary N) is 1. The third-order valence-electron chi connectivity index (χ3n) is 6.43. The van der Waals surface area contributed by atoms with Crippen molar-refractivity contribution in [3.05, 3.63) is 39.0 Å². The summed E-state index contributed by atoms with van der Waals surface area (Å²) in [5.41, 5.74) is 0.627. The normalized spacial score (nSPS) is 24.1. The van der Waals surface area contributed by atoms with Crippen LogP contribution in [0.3, 0.4) is 0 Å². The van der Waals surface area contributed by atoms with E-state index in [4.69, 9.17) is 0 Å². The quantitative estimate of drug-likeness (QED) is 0.151. The van der Waals surface area contributed by atoms with E-state index in [0.29, 0.717) is 35.9 Å². The number of carboxylic acid groups (broad SMARTS) is 1. The second-order valence-electron chi connectivity index (χ2n) is 8.98. The summed E-state index contributed by atoms with van der Waals surface area (Å²) in [6, 6.07) is -0.568. The molecule has 2 N–H and O–H groups in total. The number of rotatable bonds is 7. The van der Waals surface area contributed by atoms with Gasteiger partial charge >= 0.3 is 35.5 Å². The van der Waals surface area contributed by atoms with Gasteiger partial charge in [-0.2, -0.15) is 10.1 Å². The molecule has 1 aromatic heterocycles. The molecule has 5 rings (SSSR count). The molecule has 192 valence electrons. The SMILES string of the molecule is Cc1nn(C)c(SCC(=O)N[C@@H]2C(=O)N3C(C(=O)O)=C(/C=C4\CCN(C5CC5)C4=O)CS[C@H]23)nc1=O.[H-].[Na+]. The van der Waals surface area contributed by atoms with E-state index in [1.807, 2.05) is 4.90 Å². The number of β-lactam (4-membered cyclic amide) rings is 1. The van der Waals surface area contributed by atoms with Crippen molar-refractivity contribution in [3.63, 3.8) is 0 Å². The fraction of sp³-hybridized carbons (Fsp3) is 0.500. The molecular formula is C22H25N6NaO6S2. The van der Waals surface area contributed by atoms with Crippen molar-refractivity contribution in [2.45, 2.75) is 48.8 Å². The van der Waals surface area contributed by atoms with Gasteiger partial charge in [0, 0.05) is 31.0 Å². The van der Waals surface area contributed by atoms with Crippen LogP contribution in [0.2, 0.25) is 0 Å². The predicted octanol–water partition coefficient (Wildman–Crippen LogP) is -3.25. The second kappa shape index (κ2) is 10.9. The average Bonchev–Trinajstić information content (AvgIpc) is 3.62. The fourth-order valence-corrected chi connectivity index (χ4v) is 6.51. The Kier molecular flexibility index (Phi) is 8.24. The Bertz CT molecular complexity index is 1320. The first-order valence-electron chi connectivity index (χ1n) is 11.4. The molecule has 4 heterocycles. The maximum Gasteiger partial charge on any atom is 1.00 e. The molecule has 37 heavy (non-hydrogen) atoms. The van der Waals surface area contributed by atoms with Crippen molar-refractivity contribution < 1.29 is 55.3 Å². The van der Waals surface area contributed by atoms with Crippen LogP contribution in [-0.4, -0.2) is 88.9 Å². The summed E-state index contributed by atoms with van der Waals surface area (Å²) in [6.07, 6.45) is 4.19. The minimum atomic E-state index is -1.25. The number of fused-ring (bicyclic) bond motifs is 1. The molecule has 2 saturated heterocycles. The van der Waals surface area contributed by atoms with E-state index in [0.717, 1.165) is 24.6 Å². The zero-order valence-electron chi connectivity index (χ0n) is 21.6. The number of carboxylic acids is 1. The van der Waals surface area contributed by atoms with Crippen LogP contribution in [0, 0.1) is 6.92 Å². The van der Waals surface area contributed by atoms with Crippen LogP contribution in [0.1, 0.15) is 26.4 Å². The van der Waals surface area contributed by atoms with Gasteiger partial charge in [0.05, 0.1) is 5.75 Å². The molecule has 0 radical (unpaired) electrons. The van der Waals surface area contributed by atoms with Crippen molar-refractivity contribution in [2.24, 2.45) is 7.05 Å². The number of likely N-dealkylation sites (tertiary alicyclic amines) is 1. The third kappa shape index (κ3) is 5.39. The molecule has 0 unspecified atom stereocenters. The summed E-state index contributed by atoms with van der Waals surface area (Å²) < 4.78 is 1.40. The molecule has 1 aromatic rings. The van der Waals surface area contributed by atoms with Crippen molar-refractivity contribution in [1.82, 2.24) is 29.9 Å². The molecule has 3 aliphatic heterocycles. The number of aryl methyl sites for hydroxylation is 2. The maximum atomic E-state index is 12.9. The summed E-state index contributed by atoms with van der Waals surface area (Å²) in [5, 5.41) is 16.3. The van der Waals surface area contributed by atoms with Gasteiger partial charge < -0.3 is 16.7 Å². The van der Waals surface area contributed by atoms with Gasteiger partial charge in [-0.05, 0) is 37.8 Å². The zero-order valence-corrected chi connectivity index (χ0v) is 24.2. The number of aromatic nitrogens is 3. The molecule has 3 amide bonds. The Morgan fingerprint density at radius 1 is 1.30 bits per heavy atom. The third-order valence-corrected chi connectivity index (χ3v) is 8.75. The minimum absolute atomic E-state index is 0. The zero-order chi connectivity index (χ0) is 25.7.